The topological polar surface area (TPSA) is 138 Å². The maximum Gasteiger partial charge on any atom is 1.00 e. The number of hydrogen-bond donors (Lipinski definition) is 2. The molecule has 0 radical (unpaired) electrons. The van der Waals surface area contributed by atoms with Crippen molar-refractivity contribution >= 4 is 28.9 Å². The summed E-state index contributed by atoms with van der Waals surface area (Å²) in [4.78, 5) is 25.4. The van der Waals surface area contributed by atoms with Crippen LogP contribution in [-0.2, 0) is 15.3 Å². The monoisotopic (exact) mass is 597 g/mol. The molecule has 1 aliphatic rings. The fraction of sp³-hybridized carbons (Fsp3) is 0.552. The van der Waals surface area contributed by atoms with Gasteiger partial charge in [-0.15, -0.1) is 11.3 Å². The minimum atomic E-state index is -1.37. The third kappa shape index (κ3) is 10.6. The van der Waals surface area contributed by atoms with Crippen molar-refractivity contribution in [2.24, 2.45) is 0 Å². The van der Waals surface area contributed by atoms with Crippen LogP contribution in [0.2, 0.25) is 0 Å². The Bertz CT molecular complexity index is 1150. The van der Waals surface area contributed by atoms with E-state index in [0.717, 1.165) is 28.1 Å². The molecule has 1 saturated carbocycles. The fourth-order valence-electron chi connectivity index (χ4n) is 4.41. The first-order valence-corrected chi connectivity index (χ1v) is 14.4. The van der Waals surface area contributed by atoms with Crippen molar-refractivity contribution < 1.29 is 71.5 Å². The van der Waals surface area contributed by atoms with Gasteiger partial charge in [0.1, 0.15) is 0 Å². The first-order valence-electron chi connectivity index (χ1n) is 13.6. The third-order valence-corrected chi connectivity index (χ3v) is 7.89. The summed E-state index contributed by atoms with van der Waals surface area (Å²) < 4.78 is 4.85. The van der Waals surface area contributed by atoms with Crippen LogP contribution in [0.25, 0.3) is 10.4 Å². The number of H-pyrrole nitrogens is 1. The Morgan fingerprint density at radius 2 is 1.95 bits per heavy atom. The Balaban J connectivity index is 0.000000633. The molecule has 0 amide bonds. The molecule has 1 atom stereocenters. The van der Waals surface area contributed by atoms with Crippen molar-refractivity contribution in [3.63, 3.8) is 0 Å². The molecule has 0 saturated heterocycles. The standard InChI is InChI=1S/C22H28N5OS.C7H14O2.K.H2O/c1-22(28,27(2)3)18-13-16(26-21-23-11-12-24-21)9-10-17(18)19-14-25-20(29-19)15-7-5-4-6-8-15;1-4-5-7(8)9-6(2)3;;/h9-15H,4-8H2,1-3H3,(H2,23,24,26);6H,4-5H2,1-3H3;;1H2/q-1;;+1;. The van der Waals surface area contributed by atoms with Crippen molar-refractivity contribution in [2.45, 2.75) is 90.4 Å². The largest absolute Gasteiger partial charge is 1.00 e. The van der Waals surface area contributed by atoms with Gasteiger partial charge in [0.2, 0.25) is 5.95 Å². The van der Waals surface area contributed by atoms with Crippen LogP contribution in [0.5, 0.6) is 0 Å². The predicted octanol–water partition coefficient (Wildman–Crippen LogP) is 2.34. The molecule has 4 rings (SSSR count). The number of aromatic amines is 1. The van der Waals surface area contributed by atoms with Crippen LogP contribution >= 0.6 is 11.3 Å². The van der Waals surface area contributed by atoms with Crippen LogP contribution < -0.4 is 61.8 Å². The molecule has 9 nitrogen and oxygen atoms in total. The number of carbonyl (C=O) groups is 1. The van der Waals surface area contributed by atoms with Crippen molar-refractivity contribution in [3.05, 3.63) is 47.4 Å². The van der Waals surface area contributed by atoms with Gasteiger partial charge in [-0.25, -0.2) is 9.97 Å². The Morgan fingerprint density at radius 3 is 2.52 bits per heavy atom. The number of esters is 1. The molecule has 0 aliphatic heterocycles. The van der Waals surface area contributed by atoms with Gasteiger partial charge in [0.05, 0.1) is 16.0 Å². The molecule has 2 heterocycles. The Morgan fingerprint density at radius 1 is 1.25 bits per heavy atom. The maximum absolute atomic E-state index is 13.5. The van der Waals surface area contributed by atoms with E-state index in [9.17, 15) is 9.90 Å². The summed E-state index contributed by atoms with van der Waals surface area (Å²) in [5, 5.41) is 18.0. The molecule has 1 aromatic carbocycles. The number of rotatable bonds is 9. The minimum absolute atomic E-state index is 0. The van der Waals surface area contributed by atoms with E-state index in [1.54, 1.807) is 35.6 Å². The van der Waals surface area contributed by atoms with E-state index in [-0.39, 0.29) is 68.9 Å². The van der Waals surface area contributed by atoms with Gasteiger partial charge in [-0.2, -0.15) is 0 Å². The number of benzene rings is 1. The molecule has 11 heteroatoms. The SMILES string of the molecule is CCCC(=O)OC(C)C.CN(C)C(C)([O-])c1cc(Nc2ncc[nH]2)ccc1-c1cnc(C2CCCCC2)s1.O.[K+]. The summed E-state index contributed by atoms with van der Waals surface area (Å²) in [6.45, 7) is 7.38. The molecule has 4 N–H and O–H groups in total. The number of aromatic nitrogens is 3. The fourth-order valence-corrected chi connectivity index (χ4v) is 5.53. The zero-order valence-electron chi connectivity index (χ0n) is 25.0. The molecule has 2 aromatic heterocycles. The normalized spacial score (nSPS) is 14.8. The van der Waals surface area contributed by atoms with Crippen LogP contribution in [-0.4, -0.2) is 51.5 Å². The summed E-state index contributed by atoms with van der Waals surface area (Å²) in [6.07, 6.45) is 13.2. The van der Waals surface area contributed by atoms with E-state index in [2.05, 4.69) is 15.3 Å². The van der Waals surface area contributed by atoms with E-state index in [4.69, 9.17) is 9.72 Å². The van der Waals surface area contributed by atoms with E-state index in [1.807, 2.05) is 59.3 Å². The molecular weight excluding hydrogens is 554 g/mol. The molecule has 1 fully saturated rings. The van der Waals surface area contributed by atoms with Crippen LogP contribution in [0.3, 0.4) is 0 Å². The number of thiazole rings is 1. The Hall–Kier alpha value is -1.15. The second kappa shape index (κ2) is 17.7. The van der Waals surface area contributed by atoms with Gasteiger partial charge in [-0.3, -0.25) is 4.79 Å². The predicted molar refractivity (Wildman–Crippen MR) is 156 cm³/mol. The molecule has 216 valence electrons. The summed E-state index contributed by atoms with van der Waals surface area (Å²) in [6, 6.07) is 5.95. The van der Waals surface area contributed by atoms with Gasteiger partial charge < -0.3 is 30.5 Å². The van der Waals surface area contributed by atoms with Gasteiger partial charge in [-0.1, -0.05) is 39.2 Å². The summed E-state index contributed by atoms with van der Waals surface area (Å²) >= 11 is 1.74. The smallest absolute Gasteiger partial charge is 0.835 e. The molecular formula is C29H44KN5O4S. The van der Waals surface area contributed by atoms with Crippen LogP contribution in [0.15, 0.2) is 36.8 Å². The van der Waals surface area contributed by atoms with Gasteiger partial charge in [0.15, 0.2) is 0 Å². The van der Waals surface area contributed by atoms with E-state index < -0.39 is 5.72 Å². The summed E-state index contributed by atoms with van der Waals surface area (Å²) in [5.74, 6) is 1.13. The molecule has 3 aromatic rings. The van der Waals surface area contributed by atoms with Gasteiger partial charge in [0, 0.05) is 36.6 Å². The second-order valence-corrected chi connectivity index (χ2v) is 11.4. The first-order chi connectivity index (χ1) is 18.1. The average Bonchev–Trinajstić information content (AvgIpc) is 3.57. The van der Waals surface area contributed by atoms with Gasteiger partial charge in [0.25, 0.3) is 0 Å². The van der Waals surface area contributed by atoms with Crippen molar-refractivity contribution in [1.82, 2.24) is 19.9 Å². The average molecular weight is 598 g/mol. The number of hydrogen-bond acceptors (Lipinski definition) is 8. The number of imidazole rings is 1. The number of nitrogens with one attached hydrogen (secondary N) is 2. The Kier molecular flexibility index (Phi) is 16.3. The van der Waals surface area contributed by atoms with Gasteiger partial charge in [-0.05, 0) is 76.2 Å². The number of ether oxygens (including phenoxy) is 1. The Labute approximate surface area is 285 Å². The van der Waals surface area contributed by atoms with E-state index >= 15 is 0 Å². The molecule has 1 unspecified atom stereocenters. The number of anilines is 2. The molecule has 1 aliphatic carbocycles. The number of carbonyl (C=O) groups excluding carboxylic acids is 1. The van der Waals surface area contributed by atoms with Gasteiger partial charge >= 0.3 is 57.4 Å². The number of nitrogens with zero attached hydrogens (tertiary/aromatic N) is 3. The zero-order valence-corrected chi connectivity index (χ0v) is 29.0. The van der Waals surface area contributed by atoms with Crippen molar-refractivity contribution in [2.75, 3.05) is 19.4 Å². The van der Waals surface area contributed by atoms with Crippen molar-refractivity contribution in [3.8, 4) is 10.4 Å². The van der Waals surface area contributed by atoms with Crippen LogP contribution in [0.1, 0.15) is 89.1 Å². The zero-order chi connectivity index (χ0) is 27.7. The van der Waals surface area contributed by atoms with Crippen LogP contribution in [0, 0.1) is 0 Å². The second-order valence-electron chi connectivity index (χ2n) is 10.4. The summed E-state index contributed by atoms with van der Waals surface area (Å²) in [7, 11) is 3.65. The van der Waals surface area contributed by atoms with Crippen molar-refractivity contribution in [1.29, 1.82) is 0 Å². The summed E-state index contributed by atoms with van der Waals surface area (Å²) in [5.41, 5.74) is 1.16. The van der Waals surface area contributed by atoms with E-state index in [0.29, 0.717) is 18.3 Å². The molecule has 0 spiro atoms. The quantitative estimate of drug-likeness (QED) is 0.219. The first kappa shape index (κ1) is 36.9. The van der Waals surface area contributed by atoms with E-state index in [1.165, 1.54) is 37.1 Å². The molecule has 0 bridgehead atoms. The molecule has 40 heavy (non-hydrogen) atoms. The maximum atomic E-state index is 13.5. The minimum Gasteiger partial charge on any atom is -0.835 e. The third-order valence-electron chi connectivity index (χ3n) is 6.70. The van der Waals surface area contributed by atoms with Crippen LogP contribution in [0.4, 0.5) is 11.6 Å².